The predicted molar refractivity (Wildman–Crippen MR) is 79.8 cm³/mol. The van der Waals surface area contributed by atoms with Crippen LogP contribution in [-0.2, 0) is 0 Å². The van der Waals surface area contributed by atoms with Crippen LogP contribution in [0.4, 0.5) is 10.5 Å². The van der Waals surface area contributed by atoms with Gasteiger partial charge in [-0.2, -0.15) is 4.99 Å². The van der Waals surface area contributed by atoms with E-state index in [4.69, 9.17) is 5.41 Å². The summed E-state index contributed by atoms with van der Waals surface area (Å²) in [5.74, 6) is 0.121. The van der Waals surface area contributed by atoms with Crippen molar-refractivity contribution in [2.45, 2.75) is 6.92 Å². The maximum absolute atomic E-state index is 12.1. The van der Waals surface area contributed by atoms with Crippen LogP contribution < -0.4 is 4.90 Å². The van der Waals surface area contributed by atoms with Crippen molar-refractivity contribution in [2.75, 3.05) is 4.90 Å². The zero-order valence-corrected chi connectivity index (χ0v) is 11.0. The molecule has 0 atom stereocenters. The van der Waals surface area contributed by atoms with Gasteiger partial charge in [-0.15, -0.1) is 0 Å². The zero-order valence-electron chi connectivity index (χ0n) is 11.0. The van der Waals surface area contributed by atoms with Gasteiger partial charge in [0.25, 0.3) is 0 Å². The van der Waals surface area contributed by atoms with Crippen LogP contribution in [0.25, 0.3) is 0 Å². The van der Waals surface area contributed by atoms with E-state index >= 15 is 0 Å². The largest absolute Gasteiger partial charge is 0.354 e. The smallest absolute Gasteiger partial charge is 0.282 e. The summed E-state index contributed by atoms with van der Waals surface area (Å²) < 4.78 is 0. The minimum atomic E-state index is -0.414. The monoisotopic (exact) mass is 263 g/mol. The average molecular weight is 263 g/mol. The molecule has 2 amide bonds. The number of benzene rings is 2. The maximum atomic E-state index is 12.1. The second kappa shape index (κ2) is 4.74. The number of anilines is 1. The molecule has 4 heteroatoms. The van der Waals surface area contributed by atoms with Crippen LogP contribution in [-0.4, -0.2) is 17.6 Å². The molecule has 3 rings (SSSR count). The number of amides is 2. The molecule has 0 bridgehead atoms. The summed E-state index contributed by atoms with van der Waals surface area (Å²) in [6.45, 7) is 1.91. The van der Waals surface area contributed by atoms with E-state index in [0.717, 1.165) is 11.1 Å². The first-order valence-electron chi connectivity index (χ1n) is 6.31. The topological polar surface area (TPSA) is 56.5 Å². The number of nitrogens with zero attached hydrogens (tertiary/aromatic N) is 2. The van der Waals surface area contributed by atoms with Crippen molar-refractivity contribution < 1.29 is 4.79 Å². The van der Waals surface area contributed by atoms with E-state index in [1.807, 2.05) is 61.5 Å². The van der Waals surface area contributed by atoms with E-state index in [9.17, 15) is 4.79 Å². The number of urea groups is 1. The van der Waals surface area contributed by atoms with Crippen LogP contribution >= 0.6 is 0 Å². The number of carbonyl (C=O) groups excluding carboxylic acids is 1. The Hall–Kier alpha value is -2.75. The van der Waals surface area contributed by atoms with Crippen molar-refractivity contribution in [3.63, 3.8) is 0 Å². The number of amidine groups is 1. The Bertz CT molecular complexity index is 720. The molecular formula is C16H13N3O. The summed E-state index contributed by atoms with van der Waals surface area (Å²) in [5, 5.41) is 8.24. The van der Waals surface area contributed by atoms with Crippen LogP contribution in [0, 0.1) is 12.3 Å². The van der Waals surface area contributed by atoms with Crippen LogP contribution in [0.1, 0.15) is 11.1 Å². The molecule has 1 aliphatic heterocycles. The Morgan fingerprint density at radius 2 is 1.65 bits per heavy atom. The van der Waals surface area contributed by atoms with Gasteiger partial charge in [0.15, 0.2) is 5.84 Å². The SMILES string of the molecule is Cc1ccccc1N1C(=N)C(c2ccccc2)=NC1=O. The minimum absolute atomic E-state index is 0.121. The first-order chi connectivity index (χ1) is 9.68. The predicted octanol–water partition coefficient (Wildman–Crippen LogP) is 3.40. The number of hydrogen-bond donors (Lipinski definition) is 1. The minimum Gasteiger partial charge on any atom is -0.282 e. The first kappa shape index (κ1) is 12.3. The van der Waals surface area contributed by atoms with Gasteiger partial charge in [-0.1, -0.05) is 48.5 Å². The Kier molecular flexibility index (Phi) is 2.91. The lowest BCUT2D eigenvalue weighted by Crippen LogP contribution is -2.32. The van der Waals surface area contributed by atoms with Crippen LogP contribution in [0.3, 0.4) is 0 Å². The van der Waals surface area contributed by atoms with E-state index in [1.165, 1.54) is 4.90 Å². The van der Waals surface area contributed by atoms with Gasteiger partial charge in [0, 0.05) is 5.56 Å². The summed E-state index contributed by atoms with van der Waals surface area (Å²) in [5.41, 5.74) is 2.84. The van der Waals surface area contributed by atoms with Gasteiger partial charge in [-0.25, -0.2) is 9.69 Å². The highest BCUT2D eigenvalue weighted by Gasteiger charge is 2.32. The number of hydrogen-bond acceptors (Lipinski definition) is 2. The molecule has 1 N–H and O–H groups in total. The standard InChI is InChI=1S/C16H13N3O/c1-11-7-5-6-10-13(11)19-15(17)14(18-16(19)20)12-8-3-2-4-9-12/h2-10,17H,1H3. The third-order valence-electron chi connectivity index (χ3n) is 3.25. The number of rotatable bonds is 2. The van der Waals surface area contributed by atoms with Crippen LogP contribution in [0.15, 0.2) is 59.6 Å². The summed E-state index contributed by atoms with van der Waals surface area (Å²) in [4.78, 5) is 17.5. The molecule has 0 saturated carbocycles. The van der Waals surface area contributed by atoms with Crippen molar-refractivity contribution in [3.05, 3.63) is 65.7 Å². The van der Waals surface area contributed by atoms with Crippen molar-refractivity contribution in [1.82, 2.24) is 0 Å². The van der Waals surface area contributed by atoms with Crippen molar-refractivity contribution in [1.29, 1.82) is 5.41 Å². The van der Waals surface area contributed by atoms with Crippen molar-refractivity contribution in [3.8, 4) is 0 Å². The van der Waals surface area contributed by atoms with E-state index < -0.39 is 6.03 Å². The molecule has 98 valence electrons. The second-order valence-corrected chi connectivity index (χ2v) is 4.58. The Balaban J connectivity index is 2.02. The third-order valence-corrected chi connectivity index (χ3v) is 3.25. The third kappa shape index (κ3) is 1.91. The van der Waals surface area contributed by atoms with Gasteiger partial charge in [-0.3, -0.25) is 5.41 Å². The van der Waals surface area contributed by atoms with Gasteiger partial charge in [0.1, 0.15) is 5.71 Å². The summed E-state index contributed by atoms with van der Waals surface area (Å²) in [6.07, 6.45) is 0. The fourth-order valence-corrected chi connectivity index (χ4v) is 2.24. The molecule has 2 aromatic rings. The molecule has 0 spiro atoms. The molecule has 0 aromatic heterocycles. The van der Waals surface area contributed by atoms with Gasteiger partial charge in [0.05, 0.1) is 5.69 Å². The summed E-state index contributed by atoms with van der Waals surface area (Å²) in [6, 6.07) is 16.4. The number of nitrogens with one attached hydrogen (secondary N) is 1. The molecule has 0 saturated heterocycles. The van der Waals surface area contributed by atoms with Crippen molar-refractivity contribution >= 4 is 23.3 Å². The molecule has 20 heavy (non-hydrogen) atoms. The van der Waals surface area contributed by atoms with Crippen LogP contribution in [0.5, 0.6) is 0 Å². The summed E-state index contributed by atoms with van der Waals surface area (Å²) in [7, 11) is 0. The molecule has 0 fully saturated rings. The lowest BCUT2D eigenvalue weighted by atomic mass is 10.1. The Labute approximate surface area is 116 Å². The maximum Gasteiger partial charge on any atom is 0.354 e. The highest BCUT2D eigenvalue weighted by atomic mass is 16.2. The fourth-order valence-electron chi connectivity index (χ4n) is 2.24. The van der Waals surface area contributed by atoms with E-state index in [0.29, 0.717) is 11.4 Å². The zero-order chi connectivity index (χ0) is 14.1. The Morgan fingerprint density at radius 1 is 1.00 bits per heavy atom. The molecule has 4 nitrogen and oxygen atoms in total. The van der Waals surface area contributed by atoms with Gasteiger partial charge in [0.2, 0.25) is 0 Å². The molecule has 1 aliphatic rings. The lowest BCUT2D eigenvalue weighted by Gasteiger charge is -2.17. The molecule has 2 aromatic carbocycles. The highest BCUT2D eigenvalue weighted by molar-refractivity contribution is 6.59. The number of carbonyl (C=O) groups is 1. The van der Waals surface area contributed by atoms with E-state index in [-0.39, 0.29) is 5.84 Å². The van der Waals surface area contributed by atoms with E-state index in [1.54, 1.807) is 0 Å². The van der Waals surface area contributed by atoms with Gasteiger partial charge in [-0.05, 0) is 18.6 Å². The Morgan fingerprint density at radius 3 is 2.35 bits per heavy atom. The second-order valence-electron chi connectivity index (χ2n) is 4.58. The molecule has 0 aliphatic carbocycles. The number of aliphatic imine (C=N–C) groups is 1. The van der Waals surface area contributed by atoms with Gasteiger partial charge < -0.3 is 0 Å². The number of aryl methyl sites for hydroxylation is 1. The first-order valence-corrected chi connectivity index (χ1v) is 6.31. The normalized spacial score (nSPS) is 14.7. The molecule has 1 heterocycles. The van der Waals surface area contributed by atoms with Crippen LogP contribution in [0.2, 0.25) is 0 Å². The lowest BCUT2D eigenvalue weighted by molar-refractivity contribution is 0.257. The van der Waals surface area contributed by atoms with Crippen molar-refractivity contribution in [2.24, 2.45) is 4.99 Å². The van der Waals surface area contributed by atoms with E-state index in [2.05, 4.69) is 4.99 Å². The number of para-hydroxylation sites is 1. The quantitative estimate of drug-likeness (QED) is 0.887. The highest BCUT2D eigenvalue weighted by Crippen LogP contribution is 2.25. The molecule has 0 unspecified atom stereocenters. The summed E-state index contributed by atoms with van der Waals surface area (Å²) >= 11 is 0. The molecule has 0 radical (unpaired) electrons. The van der Waals surface area contributed by atoms with Gasteiger partial charge >= 0.3 is 6.03 Å². The fraction of sp³-hybridized carbons (Fsp3) is 0.0625. The average Bonchev–Trinajstić information content (AvgIpc) is 2.76. The molecular weight excluding hydrogens is 250 g/mol.